The largest absolute Gasteiger partial charge is 0.490 e. The predicted molar refractivity (Wildman–Crippen MR) is 114 cm³/mol. The third-order valence-corrected chi connectivity index (χ3v) is 4.25. The Morgan fingerprint density at radius 2 is 2.11 bits per heavy atom. The molecular formula is C20H27Cl2N3O3. The molecule has 1 aromatic heterocycles. The van der Waals surface area contributed by atoms with Crippen LogP contribution in [0, 0.1) is 0 Å². The minimum absolute atomic E-state index is 0. The molecule has 1 amide bonds. The first-order valence-corrected chi connectivity index (χ1v) is 9.06. The van der Waals surface area contributed by atoms with E-state index in [4.69, 9.17) is 9.47 Å². The van der Waals surface area contributed by atoms with Crippen LogP contribution in [0.3, 0.4) is 0 Å². The highest BCUT2D eigenvalue weighted by Crippen LogP contribution is 2.29. The lowest BCUT2D eigenvalue weighted by atomic mass is 10.1. The van der Waals surface area contributed by atoms with Gasteiger partial charge in [-0.05, 0) is 50.6 Å². The maximum Gasteiger partial charge on any atom is 0.251 e. The number of nitrogens with zero attached hydrogens (tertiary/aromatic N) is 1. The zero-order valence-electron chi connectivity index (χ0n) is 15.8. The number of pyridine rings is 1. The third-order valence-electron chi connectivity index (χ3n) is 4.25. The lowest BCUT2D eigenvalue weighted by molar-refractivity contribution is 0.0930. The van der Waals surface area contributed by atoms with E-state index < -0.39 is 0 Å². The molecule has 1 aliphatic heterocycles. The monoisotopic (exact) mass is 427 g/mol. The second-order valence-electron chi connectivity index (χ2n) is 6.26. The van der Waals surface area contributed by atoms with Gasteiger partial charge in [0.2, 0.25) is 0 Å². The number of nitrogens with one attached hydrogen (secondary N) is 2. The maximum absolute atomic E-state index is 12.5. The van der Waals surface area contributed by atoms with E-state index >= 15 is 0 Å². The average Bonchev–Trinajstić information content (AvgIpc) is 2.69. The number of hydrogen-bond donors (Lipinski definition) is 2. The van der Waals surface area contributed by atoms with Crippen molar-refractivity contribution in [3.8, 4) is 11.5 Å². The first-order valence-electron chi connectivity index (χ1n) is 9.06. The van der Waals surface area contributed by atoms with E-state index in [2.05, 4.69) is 15.6 Å². The predicted octanol–water partition coefficient (Wildman–Crippen LogP) is 3.38. The first-order chi connectivity index (χ1) is 12.8. The van der Waals surface area contributed by atoms with Gasteiger partial charge in [0.05, 0.1) is 6.61 Å². The molecule has 1 saturated heterocycles. The summed E-state index contributed by atoms with van der Waals surface area (Å²) in [5, 5.41) is 6.38. The van der Waals surface area contributed by atoms with Crippen LogP contribution in [0.4, 0.5) is 0 Å². The van der Waals surface area contributed by atoms with Crippen LogP contribution < -0.4 is 20.1 Å². The van der Waals surface area contributed by atoms with Crippen molar-refractivity contribution in [2.45, 2.75) is 32.4 Å². The summed E-state index contributed by atoms with van der Waals surface area (Å²) in [6, 6.07) is 9.30. The fraction of sp³-hybridized carbons (Fsp3) is 0.400. The average molecular weight is 428 g/mol. The number of carbonyl (C=O) groups is 1. The number of halogens is 2. The summed E-state index contributed by atoms with van der Waals surface area (Å²) in [5.74, 6) is 1.11. The van der Waals surface area contributed by atoms with Crippen molar-refractivity contribution in [1.29, 1.82) is 0 Å². The van der Waals surface area contributed by atoms with E-state index in [9.17, 15) is 4.79 Å². The van der Waals surface area contributed by atoms with E-state index in [0.29, 0.717) is 30.3 Å². The number of benzene rings is 1. The second kappa shape index (κ2) is 12.4. The molecule has 2 heterocycles. The van der Waals surface area contributed by atoms with Crippen molar-refractivity contribution >= 4 is 30.7 Å². The van der Waals surface area contributed by atoms with Gasteiger partial charge in [-0.2, -0.15) is 0 Å². The molecule has 2 aromatic rings. The van der Waals surface area contributed by atoms with Crippen LogP contribution in [0.25, 0.3) is 0 Å². The lowest BCUT2D eigenvalue weighted by Crippen LogP contribution is -2.45. The Morgan fingerprint density at radius 3 is 2.79 bits per heavy atom. The van der Waals surface area contributed by atoms with Gasteiger partial charge in [-0.1, -0.05) is 6.07 Å². The molecule has 1 aliphatic rings. The van der Waals surface area contributed by atoms with E-state index in [-0.39, 0.29) is 36.8 Å². The molecule has 154 valence electrons. The van der Waals surface area contributed by atoms with Crippen molar-refractivity contribution < 1.29 is 14.3 Å². The van der Waals surface area contributed by atoms with Crippen molar-refractivity contribution in [3.05, 3.63) is 53.9 Å². The second-order valence-corrected chi connectivity index (χ2v) is 6.26. The SMILES string of the molecule is CCOc1cc(C(=O)N[C@H]2CCCNC2)ccc1OCc1cccnc1.Cl.Cl. The van der Waals surface area contributed by atoms with E-state index in [1.807, 2.05) is 19.1 Å². The molecule has 6 nitrogen and oxygen atoms in total. The molecule has 2 N–H and O–H groups in total. The molecule has 3 rings (SSSR count). The Morgan fingerprint density at radius 1 is 1.25 bits per heavy atom. The van der Waals surface area contributed by atoms with Crippen LogP contribution in [0.1, 0.15) is 35.7 Å². The summed E-state index contributed by atoms with van der Waals surface area (Å²) >= 11 is 0. The summed E-state index contributed by atoms with van der Waals surface area (Å²) in [7, 11) is 0. The van der Waals surface area contributed by atoms with E-state index in [1.54, 1.807) is 30.6 Å². The van der Waals surface area contributed by atoms with E-state index in [0.717, 1.165) is 31.5 Å². The number of carbonyl (C=O) groups excluding carboxylic acids is 1. The minimum atomic E-state index is -0.0848. The lowest BCUT2D eigenvalue weighted by Gasteiger charge is -2.24. The van der Waals surface area contributed by atoms with Gasteiger partial charge in [-0.3, -0.25) is 9.78 Å². The molecule has 1 aromatic carbocycles. The van der Waals surface area contributed by atoms with Crippen LogP contribution in [0.2, 0.25) is 0 Å². The van der Waals surface area contributed by atoms with Gasteiger partial charge in [0.15, 0.2) is 11.5 Å². The number of ether oxygens (including phenoxy) is 2. The number of amides is 1. The molecule has 1 atom stereocenters. The Bertz CT molecular complexity index is 726. The molecule has 0 unspecified atom stereocenters. The topological polar surface area (TPSA) is 72.5 Å². The number of aromatic nitrogens is 1. The molecule has 0 radical (unpaired) electrons. The van der Waals surface area contributed by atoms with Crippen LogP contribution >= 0.6 is 24.8 Å². The van der Waals surface area contributed by atoms with Crippen molar-refractivity contribution in [1.82, 2.24) is 15.6 Å². The summed E-state index contributed by atoms with van der Waals surface area (Å²) in [6.07, 6.45) is 5.57. The van der Waals surface area contributed by atoms with Gasteiger partial charge in [0.1, 0.15) is 6.61 Å². The van der Waals surface area contributed by atoms with Crippen molar-refractivity contribution in [2.24, 2.45) is 0 Å². The van der Waals surface area contributed by atoms with E-state index in [1.165, 1.54) is 0 Å². The highest BCUT2D eigenvalue weighted by molar-refractivity contribution is 5.95. The molecule has 8 heteroatoms. The Labute approximate surface area is 178 Å². The molecule has 0 aliphatic carbocycles. The molecule has 0 bridgehead atoms. The fourth-order valence-electron chi connectivity index (χ4n) is 2.93. The molecule has 0 saturated carbocycles. The van der Waals surface area contributed by atoms with Gasteiger partial charge in [0, 0.05) is 36.1 Å². The van der Waals surface area contributed by atoms with Crippen LogP contribution in [-0.2, 0) is 6.61 Å². The summed E-state index contributed by atoms with van der Waals surface area (Å²) in [5.41, 5.74) is 1.55. The quantitative estimate of drug-likeness (QED) is 0.708. The van der Waals surface area contributed by atoms with Gasteiger partial charge >= 0.3 is 0 Å². The molecule has 1 fully saturated rings. The Balaban J connectivity index is 0.00000196. The zero-order valence-corrected chi connectivity index (χ0v) is 17.5. The first kappa shape index (κ1) is 24.0. The molecule has 0 spiro atoms. The minimum Gasteiger partial charge on any atom is -0.490 e. The van der Waals surface area contributed by atoms with Gasteiger partial charge in [0.25, 0.3) is 5.91 Å². The highest BCUT2D eigenvalue weighted by Gasteiger charge is 2.18. The molecular weight excluding hydrogens is 401 g/mol. The highest BCUT2D eigenvalue weighted by atomic mass is 35.5. The molecule has 28 heavy (non-hydrogen) atoms. The number of rotatable bonds is 7. The van der Waals surface area contributed by atoms with Crippen molar-refractivity contribution in [2.75, 3.05) is 19.7 Å². The summed E-state index contributed by atoms with van der Waals surface area (Å²) in [6.45, 7) is 4.64. The maximum atomic E-state index is 12.5. The Hall–Kier alpha value is -2.02. The summed E-state index contributed by atoms with van der Waals surface area (Å²) < 4.78 is 11.5. The smallest absolute Gasteiger partial charge is 0.251 e. The summed E-state index contributed by atoms with van der Waals surface area (Å²) in [4.78, 5) is 16.6. The number of hydrogen-bond acceptors (Lipinski definition) is 5. The normalized spacial score (nSPS) is 15.5. The Kier molecular flexibility index (Phi) is 10.7. The van der Waals surface area contributed by atoms with Crippen LogP contribution in [0.5, 0.6) is 11.5 Å². The standard InChI is InChI=1S/C20H25N3O3.2ClH/c1-2-25-19-11-16(20(24)23-17-6-4-10-22-13-17)7-8-18(19)26-14-15-5-3-9-21-12-15;;/h3,5,7-9,11-12,17,22H,2,4,6,10,13-14H2,1H3,(H,23,24);2*1H/t17-;;/m0../s1. The van der Waals surface area contributed by atoms with Crippen LogP contribution in [0.15, 0.2) is 42.7 Å². The van der Waals surface area contributed by atoms with Gasteiger partial charge < -0.3 is 20.1 Å². The number of piperidine rings is 1. The van der Waals surface area contributed by atoms with Crippen LogP contribution in [-0.4, -0.2) is 36.6 Å². The third kappa shape index (κ3) is 6.86. The van der Waals surface area contributed by atoms with Gasteiger partial charge in [-0.25, -0.2) is 0 Å². The fourth-order valence-corrected chi connectivity index (χ4v) is 2.93. The zero-order chi connectivity index (χ0) is 18.2. The van der Waals surface area contributed by atoms with Gasteiger partial charge in [-0.15, -0.1) is 24.8 Å². The van der Waals surface area contributed by atoms with Crippen molar-refractivity contribution in [3.63, 3.8) is 0 Å².